The average molecular weight is 373 g/mol. The molecule has 3 rings (SSSR count). The van der Waals surface area contributed by atoms with Gasteiger partial charge in [-0.25, -0.2) is 0 Å². The van der Waals surface area contributed by atoms with Crippen LogP contribution in [0.1, 0.15) is 51.0 Å². The third-order valence-electron chi connectivity index (χ3n) is 6.19. The Bertz CT molecular complexity index is 579. The van der Waals surface area contributed by atoms with Crippen molar-refractivity contribution in [3.63, 3.8) is 0 Å². The highest BCUT2D eigenvalue weighted by Crippen LogP contribution is 2.31. The van der Waals surface area contributed by atoms with Gasteiger partial charge in [-0.3, -0.25) is 14.7 Å². The van der Waals surface area contributed by atoms with Crippen molar-refractivity contribution in [2.75, 3.05) is 33.2 Å². The second kappa shape index (κ2) is 10.2. The molecule has 0 radical (unpaired) electrons. The Labute approximate surface area is 164 Å². The van der Waals surface area contributed by atoms with E-state index in [1.807, 2.05) is 30.4 Å². The summed E-state index contributed by atoms with van der Waals surface area (Å²) in [5.74, 6) is 1.78. The van der Waals surface area contributed by atoms with Gasteiger partial charge in [-0.15, -0.1) is 0 Å². The van der Waals surface area contributed by atoms with Gasteiger partial charge < -0.3 is 10.2 Å². The van der Waals surface area contributed by atoms with Gasteiger partial charge in [0.1, 0.15) is 0 Å². The van der Waals surface area contributed by atoms with Crippen molar-refractivity contribution in [1.82, 2.24) is 20.1 Å². The van der Waals surface area contributed by atoms with E-state index in [0.717, 1.165) is 57.8 Å². The molecule has 2 bridgehead atoms. The fourth-order valence-electron chi connectivity index (χ4n) is 4.67. The minimum absolute atomic E-state index is 0.305. The Hall–Kier alpha value is -1.46. The number of nitrogens with one attached hydrogen (secondary N) is 1. The van der Waals surface area contributed by atoms with Crippen molar-refractivity contribution in [3.8, 4) is 0 Å². The summed E-state index contributed by atoms with van der Waals surface area (Å²) in [6.45, 7) is 7.54. The standard InChI is InChI=1S/C22H36N4O/c1-3-4-11-25(2)22(27)9-5-8-21-20-12-19(14-24-21)16-26(17-20)15-18-7-6-10-23-13-18/h6-7,10,13,19-21,24H,3-5,8-9,11-12,14-17H2,1-2H3/t19?,20?,21-/m1/s1. The summed E-state index contributed by atoms with van der Waals surface area (Å²) in [4.78, 5) is 21.0. The molecule has 2 aliphatic heterocycles. The van der Waals surface area contributed by atoms with Gasteiger partial charge in [-0.1, -0.05) is 19.4 Å². The Kier molecular flexibility index (Phi) is 7.65. The molecule has 1 aromatic heterocycles. The molecule has 0 aliphatic carbocycles. The summed E-state index contributed by atoms with van der Waals surface area (Å²) in [5, 5.41) is 3.78. The number of piperidine rings is 2. The normalized spacial score (nSPS) is 25.3. The van der Waals surface area contributed by atoms with Crippen molar-refractivity contribution in [2.24, 2.45) is 11.8 Å². The van der Waals surface area contributed by atoms with Crippen LogP contribution in [0.25, 0.3) is 0 Å². The van der Waals surface area contributed by atoms with Gasteiger partial charge in [0.25, 0.3) is 0 Å². The molecule has 1 amide bonds. The number of hydrogen-bond donors (Lipinski definition) is 1. The van der Waals surface area contributed by atoms with E-state index < -0.39 is 0 Å². The number of carbonyl (C=O) groups is 1. The van der Waals surface area contributed by atoms with Crippen LogP contribution in [-0.2, 0) is 11.3 Å². The lowest BCUT2D eigenvalue weighted by Gasteiger charge is -2.46. The first kappa shape index (κ1) is 20.3. The van der Waals surface area contributed by atoms with Gasteiger partial charge >= 0.3 is 0 Å². The number of rotatable bonds is 9. The van der Waals surface area contributed by atoms with E-state index in [9.17, 15) is 4.79 Å². The van der Waals surface area contributed by atoms with Gasteiger partial charge in [0.15, 0.2) is 0 Å². The van der Waals surface area contributed by atoms with Gasteiger partial charge in [0.2, 0.25) is 5.91 Å². The molecule has 3 atom stereocenters. The minimum Gasteiger partial charge on any atom is -0.346 e. The Morgan fingerprint density at radius 3 is 3.04 bits per heavy atom. The summed E-state index contributed by atoms with van der Waals surface area (Å²) >= 11 is 0. The maximum atomic E-state index is 12.3. The monoisotopic (exact) mass is 372 g/mol. The molecular formula is C22H36N4O. The van der Waals surface area contributed by atoms with Crippen LogP contribution in [0.3, 0.4) is 0 Å². The van der Waals surface area contributed by atoms with Crippen molar-refractivity contribution in [1.29, 1.82) is 0 Å². The molecule has 3 heterocycles. The highest BCUT2D eigenvalue weighted by Gasteiger charge is 2.36. The number of aromatic nitrogens is 1. The van der Waals surface area contributed by atoms with E-state index >= 15 is 0 Å². The quantitative estimate of drug-likeness (QED) is 0.724. The van der Waals surface area contributed by atoms with Crippen LogP contribution >= 0.6 is 0 Å². The molecule has 0 spiro atoms. The number of nitrogens with zero attached hydrogens (tertiary/aromatic N) is 3. The van der Waals surface area contributed by atoms with E-state index in [2.05, 4.69) is 28.2 Å². The number of hydrogen-bond acceptors (Lipinski definition) is 4. The van der Waals surface area contributed by atoms with Gasteiger partial charge in [-0.2, -0.15) is 0 Å². The maximum Gasteiger partial charge on any atom is 0.222 e. The lowest BCUT2D eigenvalue weighted by molar-refractivity contribution is -0.130. The third kappa shape index (κ3) is 6.01. The van der Waals surface area contributed by atoms with Crippen molar-refractivity contribution in [3.05, 3.63) is 30.1 Å². The second-order valence-corrected chi connectivity index (χ2v) is 8.49. The molecule has 0 saturated carbocycles. The van der Waals surface area contributed by atoms with Crippen molar-refractivity contribution in [2.45, 2.75) is 58.0 Å². The summed E-state index contributed by atoms with van der Waals surface area (Å²) in [5.41, 5.74) is 1.31. The van der Waals surface area contributed by atoms with Gasteiger partial charge in [-0.05, 0) is 55.7 Å². The number of likely N-dealkylation sites (tertiary alicyclic amines) is 1. The zero-order chi connectivity index (χ0) is 19.1. The fraction of sp³-hybridized carbons (Fsp3) is 0.727. The van der Waals surface area contributed by atoms with Crippen LogP contribution in [0.5, 0.6) is 0 Å². The van der Waals surface area contributed by atoms with Crippen LogP contribution in [0.4, 0.5) is 0 Å². The summed E-state index contributed by atoms with van der Waals surface area (Å²) in [6.07, 6.45) is 10.2. The van der Waals surface area contributed by atoms with Crippen molar-refractivity contribution < 1.29 is 4.79 Å². The Balaban J connectivity index is 1.43. The molecule has 2 saturated heterocycles. The molecule has 2 aliphatic rings. The van der Waals surface area contributed by atoms with E-state index in [1.54, 1.807) is 0 Å². The predicted octanol–water partition coefficient (Wildman–Crippen LogP) is 2.92. The minimum atomic E-state index is 0.305. The van der Waals surface area contributed by atoms with E-state index in [-0.39, 0.29) is 0 Å². The highest BCUT2D eigenvalue weighted by atomic mass is 16.2. The lowest BCUT2D eigenvalue weighted by atomic mass is 9.79. The van der Waals surface area contributed by atoms with Crippen LogP contribution < -0.4 is 5.32 Å². The lowest BCUT2D eigenvalue weighted by Crippen LogP contribution is -2.55. The zero-order valence-corrected chi connectivity index (χ0v) is 17.1. The van der Waals surface area contributed by atoms with Crippen LogP contribution in [0.2, 0.25) is 0 Å². The third-order valence-corrected chi connectivity index (χ3v) is 6.19. The number of fused-ring (bicyclic) bond motifs is 2. The molecule has 27 heavy (non-hydrogen) atoms. The smallest absolute Gasteiger partial charge is 0.222 e. The first-order chi connectivity index (χ1) is 13.2. The molecule has 5 nitrogen and oxygen atoms in total. The van der Waals surface area contributed by atoms with Crippen LogP contribution in [-0.4, -0.2) is 60.0 Å². The SMILES string of the molecule is CCCCN(C)C(=O)CCC[C@H]1NCC2CC1CN(Cc1cccnc1)C2. The van der Waals surface area contributed by atoms with Gasteiger partial charge in [0, 0.05) is 58.1 Å². The molecule has 5 heteroatoms. The van der Waals surface area contributed by atoms with Crippen LogP contribution in [0.15, 0.2) is 24.5 Å². The predicted molar refractivity (Wildman–Crippen MR) is 109 cm³/mol. The van der Waals surface area contributed by atoms with E-state index in [0.29, 0.717) is 24.3 Å². The first-order valence-electron chi connectivity index (χ1n) is 10.7. The first-order valence-corrected chi connectivity index (χ1v) is 10.7. The molecule has 1 aromatic rings. The van der Waals surface area contributed by atoms with Gasteiger partial charge in [0.05, 0.1) is 0 Å². The summed E-state index contributed by atoms with van der Waals surface area (Å²) in [7, 11) is 1.94. The number of unbranched alkanes of at least 4 members (excludes halogenated alkanes) is 1. The fourth-order valence-corrected chi connectivity index (χ4v) is 4.67. The molecule has 150 valence electrons. The summed E-state index contributed by atoms with van der Waals surface area (Å²) in [6, 6.07) is 4.76. The van der Waals surface area contributed by atoms with E-state index in [4.69, 9.17) is 0 Å². The highest BCUT2D eigenvalue weighted by molar-refractivity contribution is 5.75. The second-order valence-electron chi connectivity index (χ2n) is 8.49. The number of carbonyl (C=O) groups excluding carboxylic acids is 1. The van der Waals surface area contributed by atoms with Crippen molar-refractivity contribution >= 4 is 5.91 Å². The molecular weight excluding hydrogens is 336 g/mol. The number of amides is 1. The number of pyridine rings is 1. The topological polar surface area (TPSA) is 48.5 Å². The maximum absolute atomic E-state index is 12.3. The Morgan fingerprint density at radius 1 is 1.37 bits per heavy atom. The van der Waals surface area contributed by atoms with Crippen LogP contribution in [0, 0.1) is 11.8 Å². The largest absolute Gasteiger partial charge is 0.346 e. The summed E-state index contributed by atoms with van der Waals surface area (Å²) < 4.78 is 0. The average Bonchev–Trinajstić information content (AvgIpc) is 2.68. The Morgan fingerprint density at radius 2 is 2.26 bits per heavy atom. The van der Waals surface area contributed by atoms with E-state index in [1.165, 1.54) is 18.5 Å². The molecule has 2 unspecified atom stereocenters. The zero-order valence-electron chi connectivity index (χ0n) is 17.1. The molecule has 0 aromatic carbocycles. The molecule has 2 fully saturated rings. The molecule has 1 N–H and O–H groups in total.